The summed E-state index contributed by atoms with van der Waals surface area (Å²) in [5, 5.41) is 15.3. The van der Waals surface area contributed by atoms with Gasteiger partial charge in [0.1, 0.15) is 0 Å². The molecule has 1 aliphatic rings. The second kappa shape index (κ2) is 6.93. The third-order valence-corrected chi connectivity index (χ3v) is 4.40. The molecule has 1 aliphatic carbocycles. The monoisotopic (exact) mass is 292 g/mol. The van der Waals surface area contributed by atoms with Gasteiger partial charge in [-0.05, 0) is 45.0 Å². The van der Waals surface area contributed by atoms with Crippen molar-refractivity contribution in [3.8, 4) is 0 Å². The van der Waals surface area contributed by atoms with Gasteiger partial charge < -0.3 is 5.11 Å². The van der Waals surface area contributed by atoms with Crippen molar-refractivity contribution in [3.63, 3.8) is 0 Å². The highest BCUT2D eigenvalue weighted by Crippen LogP contribution is 2.09. The number of hydrogen-bond acceptors (Lipinski definition) is 1. The van der Waals surface area contributed by atoms with Crippen molar-refractivity contribution < 1.29 is 5.11 Å². The van der Waals surface area contributed by atoms with E-state index < -0.39 is 0 Å². The SMILES string of the molecule is CCCCCCC(O)/C=c1\cccc2c1=c1ccccc1=C2. The normalized spacial score (nSPS) is 14.4. The lowest BCUT2D eigenvalue weighted by Gasteiger charge is -2.05. The molecule has 2 aromatic carbocycles. The van der Waals surface area contributed by atoms with E-state index in [1.165, 1.54) is 40.5 Å². The minimum Gasteiger partial charge on any atom is -0.389 e. The van der Waals surface area contributed by atoms with Gasteiger partial charge in [0.15, 0.2) is 0 Å². The Labute approximate surface area is 131 Å². The summed E-state index contributed by atoms with van der Waals surface area (Å²) in [6, 6.07) is 14.8. The predicted octanol–water partition coefficient (Wildman–Crippen LogP) is 3.23. The average molecular weight is 292 g/mol. The molecule has 3 rings (SSSR count). The molecule has 0 heterocycles. The largest absolute Gasteiger partial charge is 0.389 e. The quantitative estimate of drug-likeness (QED) is 0.692. The minimum absolute atomic E-state index is 0.351. The van der Waals surface area contributed by atoms with E-state index in [4.69, 9.17) is 0 Å². The Morgan fingerprint density at radius 2 is 1.86 bits per heavy atom. The number of benzene rings is 2. The van der Waals surface area contributed by atoms with E-state index in [0.717, 1.165) is 18.1 Å². The third kappa shape index (κ3) is 3.15. The van der Waals surface area contributed by atoms with Crippen LogP contribution in [0.4, 0.5) is 0 Å². The predicted molar refractivity (Wildman–Crippen MR) is 92.6 cm³/mol. The van der Waals surface area contributed by atoms with Crippen molar-refractivity contribution in [2.45, 2.75) is 45.1 Å². The van der Waals surface area contributed by atoms with Crippen LogP contribution in [0.25, 0.3) is 12.2 Å². The van der Waals surface area contributed by atoms with E-state index in [9.17, 15) is 5.11 Å². The fourth-order valence-corrected chi connectivity index (χ4v) is 3.25. The molecule has 0 saturated heterocycles. The van der Waals surface area contributed by atoms with E-state index in [-0.39, 0.29) is 6.10 Å². The Kier molecular flexibility index (Phi) is 4.74. The third-order valence-electron chi connectivity index (χ3n) is 4.40. The van der Waals surface area contributed by atoms with Crippen LogP contribution < -0.4 is 10.4 Å². The van der Waals surface area contributed by atoms with Crippen LogP contribution in [0.5, 0.6) is 0 Å². The van der Waals surface area contributed by atoms with Gasteiger partial charge in [0, 0.05) is 0 Å². The topological polar surface area (TPSA) is 20.2 Å². The molecular formula is C21H24O. The molecule has 1 heteroatoms. The van der Waals surface area contributed by atoms with Gasteiger partial charge in [-0.1, -0.05) is 75.1 Å². The smallest absolute Gasteiger partial charge is 0.0729 e. The summed E-state index contributed by atoms with van der Waals surface area (Å²) in [5.41, 5.74) is 1.26. The lowest BCUT2D eigenvalue weighted by Crippen LogP contribution is -2.12. The Hall–Kier alpha value is -1.86. The molecule has 0 radical (unpaired) electrons. The molecule has 114 valence electrons. The van der Waals surface area contributed by atoms with E-state index in [2.05, 4.69) is 55.5 Å². The van der Waals surface area contributed by atoms with Gasteiger partial charge in [0.2, 0.25) is 0 Å². The number of aliphatic hydroxyl groups excluding tert-OH is 1. The molecule has 2 aromatic rings. The van der Waals surface area contributed by atoms with Crippen LogP contribution in [-0.4, -0.2) is 11.2 Å². The minimum atomic E-state index is -0.351. The van der Waals surface area contributed by atoms with Crippen LogP contribution >= 0.6 is 0 Å². The van der Waals surface area contributed by atoms with Gasteiger partial charge in [-0.15, -0.1) is 0 Å². The fourth-order valence-electron chi connectivity index (χ4n) is 3.25. The molecule has 22 heavy (non-hydrogen) atoms. The van der Waals surface area contributed by atoms with Crippen molar-refractivity contribution in [2.75, 3.05) is 0 Å². The number of aliphatic hydroxyl groups is 1. The molecule has 0 spiro atoms. The molecule has 1 unspecified atom stereocenters. The van der Waals surface area contributed by atoms with Crippen molar-refractivity contribution in [1.82, 2.24) is 0 Å². The van der Waals surface area contributed by atoms with E-state index in [0.29, 0.717) is 0 Å². The second-order valence-corrected chi connectivity index (χ2v) is 6.13. The van der Waals surface area contributed by atoms with Crippen molar-refractivity contribution in [3.05, 3.63) is 68.9 Å². The van der Waals surface area contributed by atoms with Gasteiger partial charge in [-0.2, -0.15) is 0 Å². The molecule has 0 bridgehead atoms. The highest BCUT2D eigenvalue weighted by atomic mass is 16.3. The molecule has 1 nitrogen and oxygen atoms in total. The molecule has 1 atom stereocenters. The van der Waals surface area contributed by atoms with Crippen molar-refractivity contribution in [1.29, 1.82) is 0 Å². The lowest BCUT2D eigenvalue weighted by molar-refractivity contribution is 0.222. The summed E-state index contributed by atoms with van der Waals surface area (Å²) >= 11 is 0. The number of fused-ring (bicyclic) bond motifs is 2. The van der Waals surface area contributed by atoms with Gasteiger partial charge in [0.05, 0.1) is 6.10 Å². The summed E-state index contributed by atoms with van der Waals surface area (Å²) < 4.78 is 0. The highest BCUT2D eigenvalue weighted by Gasteiger charge is 2.04. The number of hydrogen-bond donors (Lipinski definition) is 1. The Morgan fingerprint density at radius 1 is 1.00 bits per heavy atom. The molecule has 0 fully saturated rings. The molecule has 1 N–H and O–H groups in total. The number of unbranched alkanes of at least 4 members (excludes halogenated alkanes) is 3. The van der Waals surface area contributed by atoms with Crippen LogP contribution in [-0.2, 0) is 0 Å². The lowest BCUT2D eigenvalue weighted by atomic mass is 10.1. The standard InChI is InChI=1S/C21H24O/c1-2-3-4-5-12-19(22)15-18-11-8-10-17-14-16-9-6-7-13-20(16)21(17)18/h6-11,13-15,19,22H,2-5,12H2,1H3/b18-15+. The second-order valence-electron chi connectivity index (χ2n) is 6.13. The van der Waals surface area contributed by atoms with Crippen molar-refractivity contribution in [2.24, 2.45) is 0 Å². The van der Waals surface area contributed by atoms with Crippen LogP contribution in [0.15, 0.2) is 42.5 Å². The molecule has 0 saturated carbocycles. The van der Waals surface area contributed by atoms with Crippen LogP contribution in [0, 0.1) is 10.4 Å². The number of rotatable bonds is 6. The maximum Gasteiger partial charge on any atom is 0.0729 e. The molecule has 0 amide bonds. The zero-order chi connectivity index (χ0) is 15.4. The van der Waals surface area contributed by atoms with Gasteiger partial charge in [-0.3, -0.25) is 0 Å². The molecular weight excluding hydrogens is 268 g/mol. The van der Waals surface area contributed by atoms with Gasteiger partial charge in [-0.25, -0.2) is 0 Å². The first-order valence-corrected chi connectivity index (χ1v) is 8.39. The average Bonchev–Trinajstić information content (AvgIpc) is 2.91. The summed E-state index contributed by atoms with van der Waals surface area (Å²) in [6.45, 7) is 2.21. The summed E-state index contributed by atoms with van der Waals surface area (Å²) in [6.07, 6.45) is 9.57. The Morgan fingerprint density at radius 3 is 2.73 bits per heavy atom. The van der Waals surface area contributed by atoms with Crippen LogP contribution in [0.1, 0.15) is 44.6 Å². The maximum absolute atomic E-state index is 10.3. The zero-order valence-corrected chi connectivity index (χ0v) is 13.3. The van der Waals surface area contributed by atoms with Crippen LogP contribution in [0.2, 0.25) is 0 Å². The summed E-state index contributed by atoms with van der Waals surface area (Å²) in [7, 11) is 0. The van der Waals surface area contributed by atoms with Crippen molar-refractivity contribution >= 4 is 12.2 Å². The Bertz CT molecular complexity index is 848. The highest BCUT2D eigenvalue weighted by molar-refractivity contribution is 5.56. The van der Waals surface area contributed by atoms with Gasteiger partial charge >= 0.3 is 0 Å². The summed E-state index contributed by atoms with van der Waals surface area (Å²) in [5.74, 6) is 0. The summed E-state index contributed by atoms with van der Waals surface area (Å²) in [4.78, 5) is 0. The first-order valence-electron chi connectivity index (χ1n) is 8.39. The fraction of sp³-hybridized carbons (Fsp3) is 0.333. The molecule has 0 aromatic heterocycles. The van der Waals surface area contributed by atoms with E-state index >= 15 is 0 Å². The van der Waals surface area contributed by atoms with Crippen LogP contribution in [0.3, 0.4) is 0 Å². The zero-order valence-electron chi connectivity index (χ0n) is 13.3. The maximum atomic E-state index is 10.3. The first kappa shape index (κ1) is 15.1. The first-order chi connectivity index (χ1) is 10.8. The van der Waals surface area contributed by atoms with E-state index in [1.54, 1.807) is 0 Å². The van der Waals surface area contributed by atoms with E-state index in [1.807, 2.05) is 6.08 Å². The van der Waals surface area contributed by atoms with Gasteiger partial charge in [0.25, 0.3) is 0 Å². The Balaban J connectivity index is 1.96. The molecule has 0 aliphatic heterocycles.